The van der Waals surface area contributed by atoms with Gasteiger partial charge in [-0.3, -0.25) is 0 Å². The number of aliphatic hydroxyl groups excluding tert-OH is 1. The molecule has 4 heteroatoms. The second-order valence-corrected chi connectivity index (χ2v) is 4.27. The van der Waals surface area contributed by atoms with E-state index in [1.54, 1.807) is 0 Å². The van der Waals surface area contributed by atoms with Crippen LogP contribution in [0.25, 0.3) is 0 Å². The summed E-state index contributed by atoms with van der Waals surface area (Å²) in [6.07, 6.45) is 0. The molecule has 1 saturated heterocycles. The molecule has 2 N–H and O–H groups in total. The van der Waals surface area contributed by atoms with Gasteiger partial charge in [0.2, 0.25) is 0 Å². The molecule has 0 saturated carbocycles. The second kappa shape index (κ2) is 4.35. The van der Waals surface area contributed by atoms with Gasteiger partial charge in [0.05, 0.1) is 31.8 Å². The topological polar surface area (TPSA) is 54.6 Å². The minimum atomic E-state index is -0.0678. The minimum absolute atomic E-state index is 0.0678. The van der Waals surface area contributed by atoms with E-state index < -0.39 is 0 Å². The summed E-state index contributed by atoms with van der Waals surface area (Å²) in [5.41, 5.74) is -0.0678. The van der Waals surface area contributed by atoms with Crippen LogP contribution in [-0.2, 0) is 11.3 Å². The molecule has 0 aromatic carbocycles. The summed E-state index contributed by atoms with van der Waals surface area (Å²) in [7, 11) is 0. The fourth-order valence-corrected chi connectivity index (χ4v) is 1.67. The first-order chi connectivity index (χ1) is 7.24. The van der Waals surface area contributed by atoms with Gasteiger partial charge in [0.25, 0.3) is 0 Å². The number of aryl methyl sites for hydroxylation is 1. The molecule has 2 rings (SSSR count). The molecule has 0 aliphatic carbocycles. The Labute approximate surface area is 89.2 Å². The van der Waals surface area contributed by atoms with Gasteiger partial charge in [0.15, 0.2) is 0 Å². The van der Waals surface area contributed by atoms with Crippen molar-refractivity contribution in [3.8, 4) is 0 Å². The summed E-state index contributed by atoms with van der Waals surface area (Å²) in [4.78, 5) is 0. The average Bonchev–Trinajstić information content (AvgIpc) is 2.56. The van der Waals surface area contributed by atoms with Gasteiger partial charge < -0.3 is 19.6 Å². The van der Waals surface area contributed by atoms with Crippen LogP contribution in [0.3, 0.4) is 0 Å². The highest BCUT2D eigenvalue weighted by Gasteiger charge is 2.37. The van der Waals surface area contributed by atoms with E-state index >= 15 is 0 Å². The zero-order chi connectivity index (χ0) is 10.7. The van der Waals surface area contributed by atoms with E-state index in [9.17, 15) is 5.11 Å². The van der Waals surface area contributed by atoms with Crippen LogP contribution in [0.2, 0.25) is 0 Å². The highest BCUT2D eigenvalue weighted by molar-refractivity contribution is 5.05. The maximum absolute atomic E-state index is 9.19. The van der Waals surface area contributed by atoms with Crippen molar-refractivity contribution < 1.29 is 14.3 Å². The largest absolute Gasteiger partial charge is 0.465 e. The average molecular weight is 211 g/mol. The van der Waals surface area contributed by atoms with Crippen molar-refractivity contribution in [2.75, 3.05) is 26.4 Å². The lowest BCUT2D eigenvalue weighted by Crippen LogP contribution is -2.52. The SMILES string of the molecule is Cc1ccc(CNCC2(CO)COC2)o1. The summed E-state index contributed by atoms with van der Waals surface area (Å²) >= 11 is 0. The van der Waals surface area contributed by atoms with Crippen molar-refractivity contribution in [3.63, 3.8) is 0 Å². The van der Waals surface area contributed by atoms with E-state index in [2.05, 4.69) is 5.32 Å². The zero-order valence-corrected chi connectivity index (χ0v) is 8.95. The third-order valence-electron chi connectivity index (χ3n) is 2.75. The van der Waals surface area contributed by atoms with Crippen molar-refractivity contribution in [3.05, 3.63) is 23.7 Å². The molecule has 4 nitrogen and oxygen atoms in total. The van der Waals surface area contributed by atoms with Crippen molar-refractivity contribution in [2.45, 2.75) is 13.5 Å². The van der Waals surface area contributed by atoms with E-state index in [-0.39, 0.29) is 12.0 Å². The maximum atomic E-state index is 9.19. The normalized spacial score (nSPS) is 18.8. The van der Waals surface area contributed by atoms with Crippen molar-refractivity contribution in [2.24, 2.45) is 5.41 Å². The molecule has 15 heavy (non-hydrogen) atoms. The Kier molecular flexibility index (Phi) is 3.09. The lowest BCUT2D eigenvalue weighted by atomic mass is 9.87. The number of furan rings is 1. The molecule has 0 bridgehead atoms. The zero-order valence-electron chi connectivity index (χ0n) is 8.95. The van der Waals surface area contributed by atoms with Crippen molar-refractivity contribution in [1.82, 2.24) is 5.32 Å². The molecule has 0 atom stereocenters. The van der Waals surface area contributed by atoms with E-state index in [0.717, 1.165) is 18.1 Å². The van der Waals surface area contributed by atoms with Gasteiger partial charge in [-0.05, 0) is 19.1 Å². The standard InChI is InChI=1S/C11H17NO3/c1-9-2-3-10(15-9)4-12-5-11(6-13)7-14-8-11/h2-3,12-13H,4-8H2,1H3. The molecule has 0 radical (unpaired) electrons. The smallest absolute Gasteiger partial charge is 0.117 e. The van der Waals surface area contributed by atoms with Crippen LogP contribution >= 0.6 is 0 Å². The highest BCUT2D eigenvalue weighted by atomic mass is 16.5. The van der Waals surface area contributed by atoms with Crippen LogP contribution in [-0.4, -0.2) is 31.5 Å². The van der Waals surface area contributed by atoms with Crippen LogP contribution in [0.15, 0.2) is 16.5 Å². The van der Waals surface area contributed by atoms with Crippen LogP contribution in [0, 0.1) is 12.3 Å². The maximum Gasteiger partial charge on any atom is 0.117 e. The number of hydrogen-bond donors (Lipinski definition) is 2. The third-order valence-corrected chi connectivity index (χ3v) is 2.75. The first kappa shape index (κ1) is 10.7. The Balaban J connectivity index is 1.74. The van der Waals surface area contributed by atoms with Crippen LogP contribution < -0.4 is 5.32 Å². The predicted octanol–water partition coefficient (Wildman–Crippen LogP) is 0.687. The van der Waals surface area contributed by atoms with Gasteiger partial charge >= 0.3 is 0 Å². The monoisotopic (exact) mass is 211 g/mol. The van der Waals surface area contributed by atoms with Crippen molar-refractivity contribution in [1.29, 1.82) is 0 Å². The Morgan fingerprint density at radius 2 is 2.27 bits per heavy atom. The molecule has 0 spiro atoms. The number of ether oxygens (including phenoxy) is 1. The first-order valence-corrected chi connectivity index (χ1v) is 5.19. The van der Waals surface area contributed by atoms with Gasteiger partial charge in [-0.1, -0.05) is 0 Å². The van der Waals surface area contributed by atoms with Crippen LogP contribution in [0.5, 0.6) is 0 Å². The van der Waals surface area contributed by atoms with Gasteiger partial charge in [-0.15, -0.1) is 0 Å². The van der Waals surface area contributed by atoms with E-state index in [4.69, 9.17) is 9.15 Å². The quantitative estimate of drug-likeness (QED) is 0.752. The molecule has 0 amide bonds. The number of rotatable bonds is 5. The molecular formula is C11H17NO3. The fraction of sp³-hybridized carbons (Fsp3) is 0.636. The fourth-order valence-electron chi connectivity index (χ4n) is 1.67. The first-order valence-electron chi connectivity index (χ1n) is 5.19. The minimum Gasteiger partial charge on any atom is -0.465 e. The van der Waals surface area contributed by atoms with E-state index in [1.165, 1.54) is 0 Å². The molecule has 84 valence electrons. The van der Waals surface area contributed by atoms with Gasteiger partial charge in [0, 0.05) is 6.54 Å². The van der Waals surface area contributed by atoms with Gasteiger partial charge in [0.1, 0.15) is 11.5 Å². The molecule has 2 heterocycles. The molecule has 1 aliphatic heterocycles. The Hall–Kier alpha value is -0.840. The molecule has 1 aromatic heterocycles. The third kappa shape index (κ3) is 2.40. The summed E-state index contributed by atoms with van der Waals surface area (Å²) in [6, 6.07) is 3.91. The second-order valence-electron chi connectivity index (χ2n) is 4.27. The molecule has 1 aromatic rings. The predicted molar refractivity (Wildman–Crippen MR) is 55.5 cm³/mol. The van der Waals surface area contributed by atoms with Crippen LogP contribution in [0.4, 0.5) is 0 Å². The Morgan fingerprint density at radius 1 is 1.47 bits per heavy atom. The Bertz CT molecular complexity index is 312. The van der Waals surface area contributed by atoms with E-state index in [0.29, 0.717) is 19.8 Å². The summed E-state index contributed by atoms with van der Waals surface area (Å²) in [5, 5.41) is 12.5. The van der Waals surface area contributed by atoms with Crippen LogP contribution in [0.1, 0.15) is 11.5 Å². The van der Waals surface area contributed by atoms with Gasteiger partial charge in [-0.2, -0.15) is 0 Å². The molecular weight excluding hydrogens is 194 g/mol. The summed E-state index contributed by atoms with van der Waals surface area (Å²) in [5.74, 6) is 1.86. The highest BCUT2D eigenvalue weighted by Crippen LogP contribution is 2.25. The number of nitrogens with one attached hydrogen (secondary N) is 1. The molecule has 0 unspecified atom stereocenters. The number of hydrogen-bond acceptors (Lipinski definition) is 4. The van der Waals surface area contributed by atoms with E-state index in [1.807, 2.05) is 19.1 Å². The lowest BCUT2D eigenvalue weighted by Gasteiger charge is -2.39. The summed E-state index contributed by atoms with van der Waals surface area (Å²) in [6.45, 7) is 4.87. The van der Waals surface area contributed by atoms with Gasteiger partial charge in [-0.25, -0.2) is 0 Å². The molecule has 1 fully saturated rings. The number of aliphatic hydroxyl groups is 1. The summed E-state index contributed by atoms with van der Waals surface area (Å²) < 4.78 is 10.5. The molecule has 1 aliphatic rings. The Morgan fingerprint density at radius 3 is 2.73 bits per heavy atom. The lowest BCUT2D eigenvalue weighted by molar-refractivity contribution is -0.134. The van der Waals surface area contributed by atoms with Crippen molar-refractivity contribution >= 4 is 0 Å².